The molecule has 0 radical (unpaired) electrons. The van der Waals surface area contributed by atoms with Crippen LogP contribution in [0.4, 0.5) is 10.5 Å². The predicted octanol–water partition coefficient (Wildman–Crippen LogP) is 4.37. The molecule has 168 valence electrons. The second-order valence-electron chi connectivity index (χ2n) is 7.41. The number of amides is 3. The molecule has 0 aliphatic rings. The van der Waals surface area contributed by atoms with E-state index in [1.807, 2.05) is 62.4 Å². The Labute approximate surface area is 192 Å². The minimum Gasteiger partial charge on any atom is -0.383 e. The van der Waals surface area contributed by atoms with E-state index in [1.54, 1.807) is 17.4 Å². The Balaban J connectivity index is 1.64. The lowest BCUT2D eigenvalue weighted by atomic mass is 10.1. The summed E-state index contributed by atoms with van der Waals surface area (Å²) in [6.07, 6.45) is 0. The zero-order chi connectivity index (χ0) is 22.9. The van der Waals surface area contributed by atoms with Crippen molar-refractivity contribution >= 4 is 29.0 Å². The number of methoxy groups -OCH3 is 1. The lowest BCUT2D eigenvalue weighted by Gasteiger charge is -2.23. The predicted molar refractivity (Wildman–Crippen MR) is 127 cm³/mol. The first kappa shape index (κ1) is 23.4. The van der Waals surface area contributed by atoms with Crippen LogP contribution in [-0.2, 0) is 17.8 Å². The van der Waals surface area contributed by atoms with Crippen LogP contribution in [0.15, 0.2) is 53.9 Å². The van der Waals surface area contributed by atoms with Gasteiger partial charge in [0, 0.05) is 31.3 Å². The van der Waals surface area contributed by atoms with Crippen molar-refractivity contribution in [2.45, 2.75) is 26.9 Å². The molecule has 3 amide bonds. The van der Waals surface area contributed by atoms with Gasteiger partial charge in [-0.05, 0) is 30.5 Å². The van der Waals surface area contributed by atoms with Gasteiger partial charge in [-0.3, -0.25) is 4.79 Å². The maximum atomic E-state index is 13.0. The van der Waals surface area contributed by atoms with Gasteiger partial charge in [-0.2, -0.15) is 0 Å². The third kappa shape index (κ3) is 6.38. The molecule has 0 aliphatic carbocycles. The molecule has 2 aromatic carbocycles. The molecule has 0 spiro atoms. The molecule has 3 aromatic rings. The summed E-state index contributed by atoms with van der Waals surface area (Å²) in [4.78, 5) is 31.5. The Kier molecular flexibility index (Phi) is 8.35. The number of anilines is 1. The minimum absolute atomic E-state index is 0.232. The molecule has 0 fully saturated rings. The van der Waals surface area contributed by atoms with Crippen molar-refractivity contribution < 1.29 is 14.3 Å². The quantitative estimate of drug-likeness (QED) is 0.505. The molecule has 0 saturated carbocycles. The summed E-state index contributed by atoms with van der Waals surface area (Å²) in [7, 11) is 1.60. The normalized spacial score (nSPS) is 10.6. The van der Waals surface area contributed by atoms with Gasteiger partial charge in [0.25, 0.3) is 5.91 Å². The third-order valence-electron chi connectivity index (χ3n) is 4.97. The van der Waals surface area contributed by atoms with E-state index in [4.69, 9.17) is 4.74 Å². The van der Waals surface area contributed by atoms with Crippen LogP contribution >= 0.6 is 11.3 Å². The number of carbonyl (C=O) groups excluding carboxylic acids is 2. The molecule has 0 unspecified atom stereocenters. The van der Waals surface area contributed by atoms with Crippen LogP contribution in [0, 0.1) is 13.8 Å². The summed E-state index contributed by atoms with van der Waals surface area (Å²) in [6.45, 7) is 5.45. The average Bonchev–Trinajstić information content (AvgIpc) is 3.27. The Morgan fingerprint density at radius 3 is 2.47 bits per heavy atom. The molecule has 0 aliphatic heterocycles. The van der Waals surface area contributed by atoms with Gasteiger partial charge in [0.05, 0.1) is 13.2 Å². The summed E-state index contributed by atoms with van der Waals surface area (Å²) in [5.41, 5.74) is 4.17. The SMILES string of the molecule is COCCN(Cc1nc(C(=O)NCc2ccccc2)cs1)C(=O)Nc1c(C)cccc1C. The van der Waals surface area contributed by atoms with Gasteiger partial charge in [-0.15, -0.1) is 11.3 Å². The molecule has 0 bridgehead atoms. The van der Waals surface area contributed by atoms with Gasteiger partial charge in [0.2, 0.25) is 0 Å². The van der Waals surface area contributed by atoms with Gasteiger partial charge in [-0.25, -0.2) is 9.78 Å². The van der Waals surface area contributed by atoms with Crippen LogP contribution in [0.5, 0.6) is 0 Å². The summed E-state index contributed by atoms with van der Waals surface area (Å²) in [5, 5.41) is 8.28. The summed E-state index contributed by atoms with van der Waals surface area (Å²) >= 11 is 1.36. The monoisotopic (exact) mass is 452 g/mol. The minimum atomic E-state index is -0.236. The van der Waals surface area contributed by atoms with Crippen LogP contribution in [0.1, 0.15) is 32.2 Å². The number of nitrogens with zero attached hydrogens (tertiary/aromatic N) is 2. The van der Waals surface area contributed by atoms with Crippen LogP contribution in [0.3, 0.4) is 0 Å². The molecule has 32 heavy (non-hydrogen) atoms. The number of rotatable bonds is 9. The molecule has 1 aromatic heterocycles. The molecule has 7 nitrogen and oxygen atoms in total. The summed E-state index contributed by atoms with van der Waals surface area (Å²) in [5.74, 6) is -0.236. The van der Waals surface area contributed by atoms with Crippen LogP contribution in [0.2, 0.25) is 0 Å². The number of para-hydroxylation sites is 1. The second kappa shape index (κ2) is 11.4. The van der Waals surface area contributed by atoms with Crippen molar-refractivity contribution in [2.24, 2.45) is 0 Å². The Morgan fingerprint density at radius 2 is 1.78 bits per heavy atom. The van der Waals surface area contributed by atoms with Gasteiger partial charge >= 0.3 is 6.03 Å². The van der Waals surface area contributed by atoms with Crippen molar-refractivity contribution in [2.75, 3.05) is 25.6 Å². The van der Waals surface area contributed by atoms with E-state index in [-0.39, 0.29) is 18.5 Å². The average molecular weight is 453 g/mol. The van der Waals surface area contributed by atoms with E-state index in [1.165, 1.54) is 11.3 Å². The maximum Gasteiger partial charge on any atom is 0.322 e. The smallest absolute Gasteiger partial charge is 0.322 e. The topological polar surface area (TPSA) is 83.6 Å². The lowest BCUT2D eigenvalue weighted by molar-refractivity contribution is 0.0946. The first-order valence-electron chi connectivity index (χ1n) is 10.4. The lowest BCUT2D eigenvalue weighted by Crippen LogP contribution is -2.37. The van der Waals surface area contributed by atoms with Gasteiger partial charge in [0.1, 0.15) is 10.7 Å². The first-order chi connectivity index (χ1) is 15.5. The first-order valence-corrected chi connectivity index (χ1v) is 11.2. The number of benzene rings is 2. The number of urea groups is 1. The van der Waals surface area contributed by atoms with Crippen molar-refractivity contribution in [3.05, 3.63) is 81.3 Å². The van der Waals surface area contributed by atoms with Crippen molar-refractivity contribution in [3.63, 3.8) is 0 Å². The van der Waals surface area contributed by atoms with Crippen LogP contribution in [-0.4, -0.2) is 42.1 Å². The fraction of sp³-hybridized carbons (Fsp3) is 0.292. The fourth-order valence-corrected chi connectivity index (χ4v) is 3.96. The molecule has 1 heterocycles. The van der Waals surface area contributed by atoms with E-state index in [0.717, 1.165) is 22.4 Å². The van der Waals surface area contributed by atoms with E-state index < -0.39 is 0 Å². The number of aryl methyl sites for hydroxylation is 2. The highest BCUT2D eigenvalue weighted by atomic mass is 32.1. The fourth-order valence-electron chi connectivity index (χ4n) is 3.17. The van der Waals surface area contributed by atoms with E-state index in [9.17, 15) is 9.59 Å². The number of aromatic nitrogens is 1. The van der Waals surface area contributed by atoms with Crippen molar-refractivity contribution in [1.29, 1.82) is 0 Å². The van der Waals surface area contributed by atoms with Gasteiger partial charge in [-0.1, -0.05) is 48.5 Å². The van der Waals surface area contributed by atoms with Gasteiger partial charge < -0.3 is 20.3 Å². The number of hydrogen-bond acceptors (Lipinski definition) is 5. The standard InChI is InChI=1S/C24H28N4O3S/c1-17-8-7-9-18(2)22(17)27-24(30)28(12-13-31-3)15-21-26-20(16-32-21)23(29)25-14-19-10-5-4-6-11-19/h4-11,16H,12-15H2,1-3H3,(H,25,29)(H,27,30). The molecular weight excluding hydrogens is 424 g/mol. The number of nitrogens with one attached hydrogen (secondary N) is 2. The molecule has 2 N–H and O–H groups in total. The zero-order valence-electron chi connectivity index (χ0n) is 18.6. The van der Waals surface area contributed by atoms with E-state index >= 15 is 0 Å². The summed E-state index contributed by atoms with van der Waals surface area (Å²) in [6, 6.07) is 15.4. The second-order valence-corrected chi connectivity index (χ2v) is 8.35. The molecule has 0 saturated heterocycles. The van der Waals surface area contributed by atoms with Crippen molar-refractivity contribution in [3.8, 4) is 0 Å². The molecular formula is C24H28N4O3S. The van der Waals surface area contributed by atoms with Gasteiger partial charge in [0.15, 0.2) is 0 Å². The Bertz CT molecular complexity index is 1030. The number of carbonyl (C=O) groups is 2. The van der Waals surface area contributed by atoms with Crippen LogP contribution in [0.25, 0.3) is 0 Å². The third-order valence-corrected chi connectivity index (χ3v) is 5.81. The molecule has 8 heteroatoms. The number of hydrogen-bond donors (Lipinski definition) is 2. The highest BCUT2D eigenvalue weighted by Crippen LogP contribution is 2.21. The number of thiazole rings is 1. The zero-order valence-corrected chi connectivity index (χ0v) is 19.4. The Morgan fingerprint density at radius 1 is 1.06 bits per heavy atom. The highest BCUT2D eigenvalue weighted by molar-refractivity contribution is 7.09. The Hall–Kier alpha value is -3.23. The molecule has 0 atom stereocenters. The highest BCUT2D eigenvalue weighted by Gasteiger charge is 2.19. The maximum absolute atomic E-state index is 13.0. The largest absolute Gasteiger partial charge is 0.383 e. The van der Waals surface area contributed by atoms with Crippen molar-refractivity contribution in [1.82, 2.24) is 15.2 Å². The summed E-state index contributed by atoms with van der Waals surface area (Å²) < 4.78 is 5.17. The van der Waals surface area contributed by atoms with Crippen LogP contribution < -0.4 is 10.6 Å². The van der Waals surface area contributed by atoms with E-state index in [0.29, 0.717) is 30.4 Å². The molecule has 3 rings (SSSR count). The van der Waals surface area contributed by atoms with E-state index in [2.05, 4.69) is 15.6 Å². The number of ether oxygens (including phenoxy) is 1.